The highest BCUT2D eigenvalue weighted by Crippen LogP contribution is 2.40. The van der Waals surface area contributed by atoms with Crippen LogP contribution in [0.4, 0.5) is 4.79 Å². The van der Waals surface area contributed by atoms with E-state index >= 15 is 0 Å². The molecule has 1 spiro atoms. The van der Waals surface area contributed by atoms with Crippen molar-refractivity contribution in [1.82, 2.24) is 14.8 Å². The number of carbonyl (C=O) groups excluding carboxylic acids is 3. The van der Waals surface area contributed by atoms with Crippen LogP contribution in [0.5, 0.6) is 0 Å². The number of fused-ring (bicyclic) bond motifs is 2. The minimum atomic E-state index is -1.04. The first-order valence-electron chi connectivity index (χ1n) is 10.2. The molecule has 1 saturated heterocycles. The van der Waals surface area contributed by atoms with Crippen molar-refractivity contribution in [2.75, 3.05) is 6.54 Å². The van der Waals surface area contributed by atoms with Crippen molar-refractivity contribution >= 4 is 17.7 Å². The Morgan fingerprint density at radius 2 is 1.93 bits per heavy atom. The number of amides is 3. The second kappa shape index (κ2) is 6.87. The number of imide groups is 1. The summed E-state index contributed by atoms with van der Waals surface area (Å²) in [6.07, 6.45) is 2.27. The highest BCUT2D eigenvalue weighted by molar-refractivity contribution is 6.11. The molecule has 29 heavy (non-hydrogen) atoms. The van der Waals surface area contributed by atoms with Gasteiger partial charge in [-0.15, -0.1) is 0 Å². The van der Waals surface area contributed by atoms with Gasteiger partial charge in [0, 0.05) is 23.0 Å². The Morgan fingerprint density at radius 1 is 1.21 bits per heavy atom. The van der Waals surface area contributed by atoms with Crippen molar-refractivity contribution in [3.8, 4) is 0 Å². The van der Waals surface area contributed by atoms with Gasteiger partial charge >= 0.3 is 6.03 Å². The lowest BCUT2D eigenvalue weighted by Crippen LogP contribution is -2.46. The van der Waals surface area contributed by atoms with E-state index in [1.54, 1.807) is 0 Å². The summed E-state index contributed by atoms with van der Waals surface area (Å²) in [5.41, 5.74) is 3.34. The number of hydrogen-bond donors (Lipinski definition) is 1. The maximum absolute atomic E-state index is 13.4. The summed E-state index contributed by atoms with van der Waals surface area (Å²) in [6.45, 7) is 7.76. The molecule has 1 aliphatic carbocycles. The highest BCUT2D eigenvalue weighted by atomic mass is 16.2. The number of urea groups is 1. The van der Waals surface area contributed by atoms with Gasteiger partial charge in [-0.05, 0) is 64.2 Å². The van der Waals surface area contributed by atoms with Crippen LogP contribution >= 0.6 is 0 Å². The van der Waals surface area contributed by atoms with E-state index in [0.717, 1.165) is 40.3 Å². The molecule has 1 aliphatic heterocycles. The lowest BCUT2D eigenvalue weighted by molar-refractivity contribution is -0.131. The van der Waals surface area contributed by atoms with Crippen molar-refractivity contribution in [2.24, 2.45) is 0 Å². The van der Waals surface area contributed by atoms with Crippen LogP contribution in [0.25, 0.3) is 0 Å². The predicted molar refractivity (Wildman–Crippen MR) is 110 cm³/mol. The van der Waals surface area contributed by atoms with Crippen LogP contribution in [-0.4, -0.2) is 33.7 Å². The molecular weight excluding hydrogens is 366 g/mol. The fourth-order valence-electron chi connectivity index (χ4n) is 5.04. The minimum Gasteiger partial charge on any atom is -0.346 e. The van der Waals surface area contributed by atoms with Crippen LogP contribution in [-0.2, 0) is 16.8 Å². The maximum atomic E-state index is 13.4. The fraction of sp³-hybridized carbons (Fsp3) is 0.435. The summed E-state index contributed by atoms with van der Waals surface area (Å²) in [7, 11) is 0. The first kappa shape index (κ1) is 19.4. The molecule has 1 unspecified atom stereocenters. The van der Waals surface area contributed by atoms with Crippen molar-refractivity contribution in [2.45, 2.75) is 58.5 Å². The largest absolute Gasteiger partial charge is 0.346 e. The summed E-state index contributed by atoms with van der Waals surface area (Å²) in [6, 6.07) is 9.35. The van der Waals surface area contributed by atoms with Crippen LogP contribution in [0.1, 0.15) is 65.6 Å². The average molecular weight is 393 g/mol. The maximum Gasteiger partial charge on any atom is 0.325 e. The Morgan fingerprint density at radius 3 is 2.62 bits per heavy atom. The molecule has 1 N–H and O–H groups in total. The fourth-order valence-corrected chi connectivity index (χ4v) is 5.04. The topological polar surface area (TPSA) is 71.4 Å². The molecule has 0 saturated carbocycles. The molecule has 6 heteroatoms. The van der Waals surface area contributed by atoms with E-state index in [4.69, 9.17) is 0 Å². The zero-order chi connectivity index (χ0) is 20.9. The molecule has 1 aromatic heterocycles. The standard InChI is InChI=1S/C23H27N3O3/c1-14(2)26-15(3)12-18(16(26)4)20(27)13-25-21(28)23(24-22(25)29)11-7-9-17-8-5-6-10-19(17)23/h5-6,8,10,12,14H,7,9,11,13H2,1-4H3,(H,24,29). The number of hydrogen-bond acceptors (Lipinski definition) is 3. The van der Waals surface area contributed by atoms with E-state index in [-0.39, 0.29) is 24.3 Å². The summed E-state index contributed by atoms with van der Waals surface area (Å²) < 4.78 is 2.10. The second-order valence-corrected chi connectivity index (χ2v) is 8.41. The number of Topliss-reactive ketones (excluding diaryl/α,β-unsaturated/α-hetero) is 1. The lowest BCUT2D eigenvalue weighted by Gasteiger charge is -2.33. The smallest absolute Gasteiger partial charge is 0.325 e. The Kier molecular flexibility index (Phi) is 4.60. The molecule has 3 amide bonds. The molecule has 2 aromatic rings. The summed E-state index contributed by atoms with van der Waals surface area (Å²) >= 11 is 0. The van der Waals surface area contributed by atoms with E-state index in [1.165, 1.54) is 0 Å². The van der Waals surface area contributed by atoms with E-state index in [2.05, 4.69) is 23.7 Å². The van der Waals surface area contributed by atoms with E-state index in [1.807, 2.05) is 44.2 Å². The molecule has 0 radical (unpaired) electrons. The first-order valence-corrected chi connectivity index (χ1v) is 10.2. The Balaban J connectivity index is 1.64. The van der Waals surface area contributed by atoms with Crippen LogP contribution in [0.2, 0.25) is 0 Å². The van der Waals surface area contributed by atoms with Crippen molar-refractivity contribution in [3.05, 3.63) is 58.4 Å². The molecule has 0 bridgehead atoms. The minimum absolute atomic E-state index is 0.213. The van der Waals surface area contributed by atoms with E-state index < -0.39 is 11.6 Å². The van der Waals surface area contributed by atoms with Gasteiger partial charge < -0.3 is 9.88 Å². The Hall–Kier alpha value is -2.89. The number of aryl methyl sites for hydroxylation is 2. The molecule has 1 aromatic carbocycles. The summed E-state index contributed by atoms with van der Waals surface area (Å²) in [4.78, 5) is 40.2. The van der Waals surface area contributed by atoms with Gasteiger partial charge in [0.1, 0.15) is 5.54 Å². The van der Waals surface area contributed by atoms with Crippen LogP contribution in [0, 0.1) is 13.8 Å². The lowest BCUT2D eigenvalue weighted by atomic mass is 9.76. The first-order chi connectivity index (χ1) is 13.8. The number of nitrogens with one attached hydrogen (secondary N) is 1. The molecule has 1 atom stereocenters. The van der Waals surface area contributed by atoms with Gasteiger partial charge in [-0.2, -0.15) is 0 Å². The van der Waals surface area contributed by atoms with Crippen molar-refractivity contribution in [1.29, 1.82) is 0 Å². The van der Waals surface area contributed by atoms with Crippen LogP contribution in [0.15, 0.2) is 30.3 Å². The van der Waals surface area contributed by atoms with Gasteiger partial charge in [0.05, 0.1) is 6.54 Å². The SMILES string of the molecule is Cc1cc(C(=O)CN2C(=O)NC3(CCCc4ccccc43)C2=O)c(C)n1C(C)C. The number of ketones is 1. The highest BCUT2D eigenvalue weighted by Gasteiger charge is 2.54. The van der Waals surface area contributed by atoms with Gasteiger partial charge in [0.2, 0.25) is 0 Å². The van der Waals surface area contributed by atoms with Crippen LogP contribution < -0.4 is 5.32 Å². The molecular formula is C23H27N3O3. The Labute approximate surface area is 170 Å². The third-order valence-electron chi connectivity index (χ3n) is 6.25. The van der Waals surface area contributed by atoms with Gasteiger partial charge in [-0.3, -0.25) is 14.5 Å². The third kappa shape index (κ3) is 2.89. The molecule has 152 valence electrons. The second-order valence-electron chi connectivity index (χ2n) is 8.41. The number of carbonyl (C=O) groups is 3. The third-order valence-corrected chi connectivity index (χ3v) is 6.25. The molecule has 2 heterocycles. The zero-order valence-corrected chi connectivity index (χ0v) is 17.4. The van der Waals surface area contributed by atoms with E-state index in [0.29, 0.717) is 12.0 Å². The van der Waals surface area contributed by atoms with Gasteiger partial charge in [-0.1, -0.05) is 24.3 Å². The number of aromatic nitrogens is 1. The van der Waals surface area contributed by atoms with Gasteiger partial charge in [0.15, 0.2) is 5.78 Å². The van der Waals surface area contributed by atoms with Gasteiger partial charge in [0.25, 0.3) is 5.91 Å². The monoisotopic (exact) mass is 393 g/mol. The summed E-state index contributed by atoms with van der Waals surface area (Å²) in [5.74, 6) is -0.532. The molecule has 2 aliphatic rings. The Bertz CT molecular complexity index is 1020. The van der Waals surface area contributed by atoms with E-state index in [9.17, 15) is 14.4 Å². The molecule has 6 nitrogen and oxygen atoms in total. The predicted octanol–water partition coefficient (Wildman–Crippen LogP) is 3.65. The zero-order valence-electron chi connectivity index (χ0n) is 17.4. The van der Waals surface area contributed by atoms with Crippen LogP contribution in [0.3, 0.4) is 0 Å². The normalized spacial score (nSPS) is 21.1. The molecule has 4 rings (SSSR count). The summed E-state index contributed by atoms with van der Waals surface area (Å²) in [5, 5.41) is 2.91. The number of benzene rings is 1. The van der Waals surface area contributed by atoms with Crippen molar-refractivity contribution in [3.63, 3.8) is 0 Å². The van der Waals surface area contributed by atoms with Crippen molar-refractivity contribution < 1.29 is 14.4 Å². The average Bonchev–Trinajstić information content (AvgIpc) is 3.10. The number of rotatable bonds is 4. The quantitative estimate of drug-likeness (QED) is 0.637. The van der Waals surface area contributed by atoms with Gasteiger partial charge in [-0.25, -0.2) is 4.79 Å². The number of nitrogens with zero attached hydrogens (tertiary/aromatic N) is 2. The molecule has 1 fully saturated rings.